The lowest BCUT2D eigenvalue weighted by molar-refractivity contribution is 0.135. The summed E-state index contributed by atoms with van der Waals surface area (Å²) >= 11 is 0. The van der Waals surface area contributed by atoms with Gasteiger partial charge in [0.2, 0.25) is 0 Å². The molecule has 0 radical (unpaired) electrons. The lowest BCUT2D eigenvalue weighted by Crippen LogP contribution is -2.18. The molecule has 9 heavy (non-hydrogen) atoms. The van der Waals surface area contributed by atoms with E-state index >= 15 is 0 Å². The number of aliphatic hydroxyl groups excluding tert-OH is 1. The van der Waals surface area contributed by atoms with E-state index in [1.807, 2.05) is 0 Å². The molecule has 1 heterocycles. The molecule has 2 N–H and O–H groups in total. The Kier molecular flexibility index (Phi) is 1.72. The molecule has 0 amide bonds. The van der Waals surface area contributed by atoms with Crippen molar-refractivity contribution in [3.63, 3.8) is 0 Å². The molecule has 3 heteroatoms. The first-order chi connectivity index (χ1) is 3.83. The van der Waals surface area contributed by atoms with Gasteiger partial charge in [0.05, 0.1) is 6.10 Å². The van der Waals surface area contributed by atoms with Crippen LogP contribution in [-0.4, -0.2) is 24.3 Å². The van der Waals surface area contributed by atoms with Crippen LogP contribution < -0.4 is 5.32 Å². The fourth-order valence-electron chi connectivity index (χ4n) is 1.46. The highest BCUT2D eigenvalue weighted by molar-refractivity contribution is 5.85. The maximum Gasteiger partial charge on any atom is 0.0732 e. The van der Waals surface area contributed by atoms with E-state index in [1.165, 1.54) is 12.8 Å². The third-order valence-electron chi connectivity index (χ3n) is 2.41. The van der Waals surface area contributed by atoms with Gasteiger partial charge in [0.15, 0.2) is 0 Å². The minimum atomic E-state index is -0.0394. The summed E-state index contributed by atoms with van der Waals surface area (Å²) in [5.41, 5.74) is 0.347. The minimum absolute atomic E-state index is 0. The summed E-state index contributed by atoms with van der Waals surface area (Å²) in [6.07, 6.45) is 2.44. The Hall–Kier alpha value is 0.210. The van der Waals surface area contributed by atoms with Crippen LogP contribution in [0.1, 0.15) is 12.8 Å². The Balaban J connectivity index is 0.000000405. The van der Waals surface area contributed by atoms with E-state index in [0.717, 1.165) is 13.1 Å². The second-order valence-electron chi connectivity index (χ2n) is 3.01. The van der Waals surface area contributed by atoms with Crippen molar-refractivity contribution in [2.75, 3.05) is 13.1 Å². The first-order valence-corrected chi connectivity index (χ1v) is 3.22. The minimum Gasteiger partial charge on any atom is -0.391 e. The van der Waals surface area contributed by atoms with Gasteiger partial charge in [-0.1, -0.05) is 0 Å². The van der Waals surface area contributed by atoms with Crippen molar-refractivity contribution < 1.29 is 5.11 Å². The van der Waals surface area contributed by atoms with E-state index in [-0.39, 0.29) is 18.5 Å². The zero-order chi connectivity index (χ0) is 5.61. The smallest absolute Gasteiger partial charge is 0.0732 e. The van der Waals surface area contributed by atoms with E-state index in [4.69, 9.17) is 0 Å². The molecule has 1 saturated heterocycles. The fraction of sp³-hybridized carbons (Fsp3) is 1.00. The Morgan fingerprint density at radius 3 is 2.33 bits per heavy atom. The van der Waals surface area contributed by atoms with Crippen molar-refractivity contribution in [1.82, 2.24) is 5.32 Å². The van der Waals surface area contributed by atoms with Gasteiger partial charge in [0.25, 0.3) is 0 Å². The number of aliphatic hydroxyl groups is 1. The molecule has 0 aromatic rings. The van der Waals surface area contributed by atoms with Crippen LogP contribution in [0.15, 0.2) is 0 Å². The zero-order valence-electron chi connectivity index (χ0n) is 5.26. The van der Waals surface area contributed by atoms with Crippen LogP contribution in [0.4, 0.5) is 0 Å². The van der Waals surface area contributed by atoms with Gasteiger partial charge in [0.1, 0.15) is 0 Å². The van der Waals surface area contributed by atoms with Crippen LogP contribution in [0.3, 0.4) is 0 Å². The van der Waals surface area contributed by atoms with Gasteiger partial charge in [-0.3, -0.25) is 0 Å². The molecule has 2 fully saturated rings. The molecule has 2 nitrogen and oxygen atoms in total. The number of hydrogen-bond donors (Lipinski definition) is 2. The number of nitrogens with one attached hydrogen (secondary N) is 1. The van der Waals surface area contributed by atoms with Gasteiger partial charge in [-0.2, -0.15) is 0 Å². The van der Waals surface area contributed by atoms with E-state index < -0.39 is 0 Å². The van der Waals surface area contributed by atoms with Crippen molar-refractivity contribution in [3.8, 4) is 0 Å². The molecule has 0 unspecified atom stereocenters. The van der Waals surface area contributed by atoms with Crippen LogP contribution in [0.5, 0.6) is 0 Å². The molecule has 0 aromatic heterocycles. The molecule has 1 spiro atoms. The monoisotopic (exact) mass is 149 g/mol. The van der Waals surface area contributed by atoms with Gasteiger partial charge in [-0.15, -0.1) is 12.4 Å². The van der Waals surface area contributed by atoms with Crippen molar-refractivity contribution in [1.29, 1.82) is 0 Å². The third kappa shape index (κ3) is 0.955. The lowest BCUT2D eigenvalue weighted by atomic mass is 10.0. The Labute approximate surface area is 61.0 Å². The van der Waals surface area contributed by atoms with Gasteiger partial charge >= 0.3 is 0 Å². The third-order valence-corrected chi connectivity index (χ3v) is 2.41. The highest BCUT2D eigenvalue weighted by atomic mass is 35.5. The molecule has 1 atom stereocenters. The molecular formula is C6H12ClNO. The first kappa shape index (κ1) is 7.32. The molecule has 0 aromatic carbocycles. The molecule has 2 rings (SSSR count). The van der Waals surface area contributed by atoms with Gasteiger partial charge < -0.3 is 10.4 Å². The van der Waals surface area contributed by atoms with E-state index in [9.17, 15) is 5.11 Å². The summed E-state index contributed by atoms with van der Waals surface area (Å²) < 4.78 is 0. The predicted molar refractivity (Wildman–Crippen MR) is 37.8 cm³/mol. The van der Waals surface area contributed by atoms with E-state index in [2.05, 4.69) is 5.32 Å². The standard InChI is InChI=1S/C6H11NO.ClH/c8-5-3-7-4-6(5)1-2-6;/h5,7-8H,1-4H2;1H/t5-;/m1./s1. The van der Waals surface area contributed by atoms with Crippen molar-refractivity contribution in [3.05, 3.63) is 0 Å². The molecule has 1 aliphatic carbocycles. The molecule has 1 aliphatic heterocycles. The van der Waals surface area contributed by atoms with E-state index in [1.54, 1.807) is 0 Å². The maximum atomic E-state index is 9.26. The van der Waals surface area contributed by atoms with Gasteiger partial charge in [-0.25, -0.2) is 0 Å². The number of β-amino-alcohol motifs (C(OH)–C–C–N with tert-alkyl or cyclic N) is 1. The van der Waals surface area contributed by atoms with Gasteiger partial charge in [0, 0.05) is 18.5 Å². The van der Waals surface area contributed by atoms with Crippen LogP contribution in [-0.2, 0) is 0 Å². The molecule has 54 valence electrons. The van der Waals surface area contributed by atoms with Crippen LogP contribution >= 0.6 is 12.4 Å². The number of hydrogen-bond acceptors (Lipinski definition) is 2. The predicted octanol–water partition coefficient (Wildman–Crippen LogP) is 0.152. The second-order valence-corrected chi connectivity index (χ2v) is 3.01. The summed E-state index contributed by atoms with van der Waals surface area (Å²) in [5.74, 6) is 0. The number of halogens is 1. The van der Waals surface area contributed by atoms with Crippen LogP contribution in [0.2, 0.25) is 0 Å². The fourth-order valence-corrected chi connectivity index (χ4v) is 1.46. The van der Waals surface area contributed by atoms with Crippen LogP contribution in [0.25, 0.3) is 0 Å². The summed E-state index contributed by atoms with van der Waals surface area (Å²) in [6.45, 7) is 1.87. The molecule has 0 bridgehead atoms. The van der Waals surface area contributed by atoms with E-state index in [0.29, 0.717) is 5.41 Å². The summed E-state index contributed by atoms with van der Waals surface area (Å²) in [7, 11) is 0. The average molecular weight is 150 g/mol. The van der Waals surface area contributed by atoms with Crippen molar-refractivity contribution in [2.45, 2.75) is 18.9 Å². The van der Waals surface area contributed by atoms with Gasteiger partial charge in [-0.05, 0) is 12.8 Å². The number of rotatable bonds is 0. The van der Waals surface area contributed by atoms with Crippen molar-refractivity contribution >= 4 is 12.4 Å². The van der Waals surface area contributed by atoms with Crippen molar-refractivity contribution in [2.24, 2.45) is 5.41 Å². The summed E-state index contributed by atoms with van der Waals surface area (Å²) in [6, 6.07) is 0. The zero-order valence-corrected chi connectivity index (χ0v) is 6.08. The normalized spacial score (nSPS) is 36.3. The highest BCUT2D eigenvalue weighted by Gasteiger charge is 2.51. The summed E-state index contributed by atoms with van der Waals surface area (Å²) in [4.78, 5) is 0. The topological polar surface area (TPSA) is 32.3 Å². The average Bonchev–Trinajstić information content (AvgIpc) is 2.39. The lowest BCUT2D eigenvalue weighted by Gasteiger charge is -2.07. The second kappa shape index (κ2) is 2.11. The SMILES string of the molecule is Cl.O[C@@H]1CNCC12CC2. The maximum absolute atomic E-state index is 9.26. The largest absolute Gasteiger partial charge is 0.391 e. The quantitative estimate of drug-likeness (QED) is 0.514. The highest BCUT2D eigenvalue weighted by Crippen LogP contribution is 2.50. The van der Waals surface area contributed by atoms with Crippen LogP contribution in [0, 0.1) is 5.41 Å². The molecular weight excluding hydrogens is 138 g/mol. The Bertz CT molecular complexity index is 114. The Morgan fingerprint density at radius 1 is 1.44 bits per heavy atom. The Morgan fingerprint density at radius 2 is 2.11 bits per heavy atom. The first-order valence-electron chi connectivity index (χ1n) is 3.22. The summed E-state index contributed by atoms with van der Waals surface area (Å²) in [5, 5.41) is 12.4. The molecule has 1 saturated carbocycles. The molecule has 2 aliphatic rings.